The summed E-state index contributed by atoms with van der Waals surface area (Å²) in [4.78, 5) is 24.8. The fourth-order valence-electron chi connectivity index (χ4n) is 3.16. The molecule has 1 saturated heterocycles. The molecule has 0 aromatic carbocycles. The van der Waals surface area contributed by atoms with Gasteiger partial charge in [0.15, 0.2) is 5.69 Å². The number of aryl methyl sites for hydroxylation is 2. The van der Waals surface area contributed by atoms with Gasteiger partial charge in [0, 0.05) is 46.6 Å². The first-order valence-corrected chi connectivity index (χ1v) is 10.2. The second kappa shape index (κ2) is 7.72. The van der Waals surface area contributed by atoms with E-state index in [1.807, 2.05) is 0 Å². The average molecular weight is 409 g/mol. The SMILES string of the molecule is CNC(=O)c1nn(C)cc1NC(=O)C1CCCN(S(=O)(=O)c2cnn(C)c2)C1. The summed E-state index contributed by atoms with van der Waals surface area (Å²) in [6, 6.07) is 0. The molecule has 11 nitrogen and oxygen atoms in total. The number of rotatable bonds is 5. The molecule has 2 aromatic heterocycles. The van der Waals surface area contributed by atoms with Gasteiger partial charge < -0.3 is 10.6 Å². The van der Waals surface area contributed by atoms with E-state index in [-0.39, 0.29) is 23.0 Å². The van der Waals surface area contributed by atoms with Crippen molar-refractivity contribution >= 4 is 27.5 Å². The molecule has 1 aliphatic heterocycles. The standard InChI is InChI=1S/C16H23N7O4S/c1-17-16(25)14-13(10-22(3)20-14)19-15(24)11-5-4-6-23(8-11)28(26,27)12-7-18-21(2)9-12/h7,9-11H,4-6,8H2,1-3H3,(H,17,25)(H,19,24). The Morgan fingerprint density at radius 2 is 1.96 bits per heavy atom. The molecule has 1 atom stereocenters. The molecule has 1 fully saturated rings. The Morgan fingerprint density at radius 3 is 2.61 bits per heavy atom. The summed E-state index contributed by atoms with van der Waals surface area (Å²) in [6.45, 7) is 0.413. The Morgan fingerprint density at radius 1 is 1.21 bits per heavy atom. The summed E-state index contributed by atoms with van der Waals surface area (Å²) >= 11 is 0. The van der Waals surface area contributed by atoms with Crippen LogP contribution >= 0.6 is 0 Å². The predicted molar refractivity (Wildman–Crippen MR) is 99.9 cm³/mol. The summed E-state index contributed by atoms with van der Waals surface area (Å²) in [5, 5.41) is 13.1. The van der Waals surface area contributed by atoms with Crippen LogP contribution in [-0.2, 0) is 28.9 Å². The van der Waals surface area contributed by atoms with Crippen molar-refractivity contribution in [1.29, 1.82) is 0 Å². The molecule has 12 heteroatoms. The Kier molecular flexibility index (Phi) is 5.52. The van der Waals surface area contributed by atoms with Gasteiger partial charge >= 0.3 is 0 Å². The number of anilines is 1. The van der Waals surface area contributed by atoms with Crippen LogP contribution < -0.4 is 10.6 Å². The number of sulfonamides is 1. The van der Waals surface area contributed by atoms with E-state index in [9.17, 15) is 18.0 Å². The molecule has 2 N–H and O–H groups in total. The fourth-order valence-corrected chi connectivity index (χ4v) is 4.67. The van der Waals surface area contributed by atoms with Crippen molar-refractivity contribution in [2.24, 2.45) is 20.0 Å². The summed E-state index contributed by atoms with van der Waals surface area (Å²) in [5.41, 5.74) is 0.396. The normalized spacial score (nSPS) is 18.0. The highest BCUT2D eigenvalue weighted by atomic mass is 32.2. The van der Waals surface area contributed by atoms with Gasteiger partial charge in [-0.15, -0.1) is 0 Å². The second-order valence-corrected chi connectivity index (χ2v) is 8.62. The first-order chi connectivity index (χ1) is 13.2. The van der Waals surface area contributed by atoms with Gasteiger partial charge in [-0.1, -0.05) is 0 Å². The van der Waals surface area contributed by atoms with Crippen molar-refractivity contribution in [3.05, 3.63) is 24.3 Å². The molecule has 152 valence electrons. The number of nitrogens with one attached hydrogen (secondary N) is 2. The van der Waals surface area contributed by atoms with Crippen LogP contribution in [-0.4, -0.2) is 64.2 Å². The minimum atomic E-state index is -3.71. The molecule has 3 heterocycles. The van der Waals surface area contributed by atoms with Crippen LogP contribution in [0.5, 0.6) is 0 Å². The topological polar surface area (TPSA) is 131 Å². The zero-order valence-electron chi connectivity index (χ0n) is 15.9. The number of aromatic nitrogens is 4. The lowest BCUT2D eigenvalue weighted by molar-refractivity contribution is -0.120. The van der Waals surface area contributed by atoms with Gasteiger partial charge in [-0.3, -0.25) is 19.0 Å². The van der Waals surface area contributed by atoms with Crippen molar-refractivity contribution in [2.75, 3.05) is 25.5 Å². The molecule has 0 radical (unpaired) electrons. The molecule has 28 heavy (non-hydrogen) atoms. The van der Waals surface area contributed by atoms with Gasteiger partial charge in [0.25, 0.3) is 5.91 Å². The Labute approximate surface area is 162 Å². The Hall–Kier alpha value is -2.73. The third-order valence-corrected chi connectivity index (χ3v) is 6.42. The van der Waals surface area contributed by atoms with E-state index in [1.165, 1.54) is 39.3 Å². The zero-order valence-corrected chi connectivity index (χ0v) is 16.7. The number of hydrogen-bond acceptors (Lipinski definition) is 6. The fraction of sp³-hybridized carbons (Fsp3) is 0.500. The third-order valence-electron chi connectivity index (χ3n) is 4.60. The molecule has 0 bridgehead atoms. The van der Waals surface area contributed by atoms with Crippen LogP contribution in [0.2, 0.25) is 0 Å². The van der Waals surface area contributed by atoms with Crippen molar-refractivity contribution in [2.45, 2.75) is 17.7 Å². The molecule has 0 saturated carbocycles. The Bertz CT molecular complexity index is 995. The van der Waals surface area contributed by atoms with Crippen LogP contribution in [0.3, 0.4) is 0 Å². The van der Waals surface area contributed by atoms with Gasteiger partial charge in [0.05, 0.1) is 17.8 Å². The second-order valence-electron chi connectivity index (χ2n) is 6.69. The molecule has 2 aromatic rings. The van der Waals surface area contributed by atoms with Gasteiger partial charge in [0.2, 0.25) is 15.9 Å². The number of carbonyl (C=O) groups excluding carboxylic acids is 2. The molecular weight excluding hydrogens is 386 g/mol. The summed E-state index contributed by atoms with van der Waals surface area (Å²) in [7, 11) is 1.05. The molecule has 1 aliphatic rings. The number of carbonyl (C=O) groups is 2. The van der Waals surface area contributed by atoms with Crippen LogP contribution in [0.15, 0.2) is 23.5 Å². The van der Waals surface area contributed by atoms with Crippen molar-refractivity contribution in [1.82, 2.24) is 29.2 Å². The van der Waals surface area contributed by atoms with E-state index in [2.05, 4.69) is 20.8 Å². The summed E-state index contributed by atoms with van der Waals surface area (Å²) in [6.07, 6.45) is 5.39. The van der Waals surface area contributed by atoms with E-state index >= 15 is 0 Å². The molecule has 3 rings (SSSR count). The minimum Gasteiger partial charge on any atom is -0.354 e. The first kappa shape index (κ1) is 20.0. The lowest BCUT2D eigenvalue weighted by Gasteiger charge is -2.30. The molecule has 1 unspecified atom stereocenters. The van der Waals surface area contributed by atoms with E-state index in [0.717, 1.165) is 0 Å². The molecule has 0 spiro atoms. The highest BCUT2D eigenvalue weighted by molar-refractivity contribution is 7.89. The van der Waals surface area contributed by atoms with Crippen LogP contribution in [0.4, 0.5) is 5.69 Å². The van der Waals surface area contributed by atoms with Crippen molar-refractivity contribution in [3.63, 3.8) is 0 Å². The minimum absolute atomic E-state index is 0.0681. The number of hydrogen-bond donors (Lipinski definition) is 2. The lowest BCUT2D eigenvalue weighted by Crippen LogP contribution is -2.43. The lowest BCUT2D eigenvalue weighted by atomic mass is 9.99. The number of amides is 2. The van der Waals surface area contributed by atoms with Gasteiger partial charge in [-0.2, -0.15) is 14.5 Å². The van der Waals surface area contributed by atoms with Crippen molar-refractivity contribution < 1.29 is 18.0 Å². The smallest absolute Gasteiger partial charge is 0.273 e. The largest absolute Gasteiger partial charge is 0.354 e. The number of nitrogens with zero attached hydrogens (tertiary/aromatic N) is 5. The summed E-state index contributed by atoms with van der Waals surface area (Å²) in [5.74, 6) is -1.29. The van der Waals surface area contributed by atoms with Crippen LogP contribution in [0.1, 0.15) is 23.3 Å². The predicted octanol–water partition coefficient (Wildman–Crippen LogP) is -0.447. The van der Waals surface area contributed by atoms with E-state index < -0.39 is 21.8 Å². The van der Waals surface area contributed by atoms with Gasteiger partial charge in [-0.25, -0.2) is 8.42 Å². The van der Waals surface area contributed by atoms with E-state index in [0.29, 0.717) is 25.1 Å². The highest BCUT2D eigenvalue weighted by Crippen LogP contribution is 2.25. The zero-order chi connectivity index (χ0) is 20.5. The van der Waals surface area contributed by atoms with Gasteiger partial charge in [-0.05, 0) is 12.8 Å². The van der Waals surface area contributed by atoms with Crippen LogP contribution in [0, 0.1) is 5.92 Å². The van der Waals surface area contributed by atoms with E-state index in [1.54, 1.807) is 14.1 Å². The van der Waals surface area contributed by atoms with Crippen LogP contribution in [0.25, 0.3) is 0 Å². The van der Waals surface area contributed by atoms with E-state index in [4.69, 9.17) is 0 Å². The number of piperidine rings is 1. The first-order valence-electron chi connectivity index (χ1n) is 8.77. The monoisotopic (exact) mass is 409 g/mol. The van der Waals surface area contributed by atoms with Crippen molar-refractivity contribution in [3.8, 4) is 0 Å². The molecule has 0 aliphatic carbocycles. The maximum atomic E-state index is 12.8. The highest BCUT2D eigenvalue weighted by Gasteiger charge is 2.34. The quantitative estimate of drug-likeness (QED) is 0.688. The maximum Gasteiger partial charge on any atom is 0.273 e. The Balaban J connectivity index is 1.74. The third kappa shape index (κ3) is 3.92. The average Bonchev–Trinajstić information content (AvgIpc) is 3.27. The molecular formula is C16H23N7O4S. The maximum absolute atomic E-state index is 12.8. The van der Waals surface area contributed by atoms with Gasteiger partial charge in [0.1, 0.15) is 4.90 Å². The molecule has 2 amide bonds. The summed E-state index contributed by atoms with van der Waals surface area (Å²) < 4.78 is 29.7.